The molecule has 1 aliphatic carbocycles. The van der Waals surface area contributed by atoms with Gasteiger partial charge in [0.15, 0.2) is 0 Å². The fourth-order valence-electron chi connectivity index (χ4n) is 3.01. The van der Waals surface area contributed by atoms with E-state index >= 15 is 0 Å². The largest absolute Gasteiger partial charge is 0.478 e. The molecule has 4 nitrogen and oxygen atoms in total. The molecule has 1 aromatic carbocycles. The zero-order valence-corrected chi connectivity index (χ0v) is 13.9. The van der Waals surface area contributed by atoms with Crippen LogP contribution in [0, 0.1) is 11.8 Å². The molecule has 1 fully saturated rings. The summed E-state index contributed by atoms with van der Waals surface area (Å²) in [4.78, 5) is 22.9. The summed E-state index contributed by atoms with van der Waals surface area (Å²) in [6.07, 6.45) is 9.90. The molecule has 0 unspecified atom stereocenters. The third-order valence-electron chi connectivity index (χ3n) is 4.59. The molecule has 0 saturated heterocycles. The van der Waals surface area contributed by atoms with Gasteiger partial charge in [0, 0.05) is 11.6 Å². The molecule has 0 heterocycles. The summed E-state index contributed by atoms with van der Waals surface area (Å²) in [5.74, 6) is -0.197. The zero-order chi connectivity index (χ0) is 16.7. The number of rotatable bonds is 10. The Morgan fingerprint density at radius 1 is 1.09 bits per heavy atom. The second kappa shape index (κ2) is 8.70. The first-order chi connectivity index (χ1) is 11.1. The Hall–Kier alpha value is -1.84. The maximum atomic E-state index is 12.2. The average molecular weight is 317 g/mol. The molecule has 0 aliphatic heterocycles. The maximum absolute atomic E-state index is 12.2. The van der Waals surface area contributed by atoms with Gasteiger partial charge in [-0.3, -0.25) is 4.79 Å². The van der Waals surface area contributed by atoms with E-state index in [2.05, 4.69) is 12.2 Å². The van der Waals surface area contributed by atoms with Crippen LogP contribution in [0.5, 0.6) is 0 Å². The lowest BCUT2D eigenvalue weighted by atomic mass is 10.1. The fraction of sp³-hybridized carbons (Fsp3) is 0.579. The van der Waals surface area contributed by atoms with E-state index in [1.165, 1.54) is 50.7 Å². The average Bonchev–Trinajstić information content (AvgIpc) is 3.31. The first kappa shape index (κ1) is 17.5. The van der Waals surface area contributed by atoms with Crippen molar-refractivity contribution in [2.75, 3.05) is 5.32 Å². The number of benzene rings is 1. The number of carboxylic acids is 1. The molecule has 2 rings (SSSR count). The van der Waals surface area contributed by atoms with Crippen LogP contribution in [0.15, 0.2) is 24.3 Å². The van der Waals surface area contributed by atoms with Gasteiger partial charge < -0.3 is 10.4 Å². The van der Waals surface area contributed by atoms with E-state index in [0.717, 1.165) is 12.8 Å². The van der Waals surface area contributed by atoms with Crippen LogP contribution in [0.2, 0.25) is 0 Å². The van der Waals surface area contributed by atoms with Crippen LogP contribution in [-0.2, 0) is 4.79 Å². The van der Waals surface area contributed by atoms with Gasteiger partial charge in [0.05, 0.1) is 5.56 Å². The van der Waals surface area contributed by atoms with Crippen molar-refractivity contribution in [3.05, 3.63) is 29.8 Å². The van der Waals surface area contributed by atoms with E-state index in [1.807, 2.05) is 0 Å². The molecule has 126 valence electrons. The Morgan fingerprint density at radius 2 is 1.74 bits per heavy atom. The minimum absolute atomic E-state index is 0.0732. The van der Waals surface area contributed by atoms with Gasteiger partial charge in [-0.25, -0.2) is 4.79 Å². The van der Waals surface area contributed by atoms with Crippen molar-refractivity contribution >= 4 is 17.6 Å². The van der Waals surface area contributed by atoms with Crippen LogP contribution >= 0.6 is 0 Å². The molecular formula is C19H27NO3. The highest BCUT2D eigenvalue weighted by molar-refractivity contribution is 5.95. The molecule has 4 heteroatoms. The molecule has 0 bridgehead atoms. The van der Waals surface area contributed by atoms with Crippen molar-refractivity contribution in [3.63, 3.8) is 0 Å². The Bertz CT molecular complexity index is 524. The molecule has 2 N–H and O–H groups in total. The number of hydrogen-bond donors (Lipinski definition) is 2. The third-order valence-corrected chi connectivity index (χ3v) is 4.59. The second-order valence-electron chi connectivity index (χ2n) is 6.53. The van der Waals surface area contributed by atoms with Crippen molar-refractivity contribution in [2.45, 2.75) is 58.3 Å². The first-order valence-corrected chi connectivity index (χ1v) is 8.76. The van der Waals surface area contributed by atoms with Crippen LogP contribution in [0.1, 0.15) is 68.6 Å². The fourth-order valence-corrected chi connectivity index (χ4v) is 3.01. The van der Waals surface area contributed by atoms with E-state index in [0.29, 0.717) is 11.6 Å². The number of nitrogens with one attached hydrogen (secondary N) is 1. The summed E-state index contributed by atoms with van der Waals surface area (Å²) in [5.41, 5.74) is 0.903. The summed E-state index contributed by atoms with van der Waals surface area (Å²) >= 11 is 0. The summed E-state index contributed by atoms with van der Waals surface area (Å²) in [5, 5.41) is 11.7. The highest BCUT2D eigenvalue weighted by atomic mass is 16.4. The molecule has 2 atom stereocenters. The number of unbranched alkanes of at least 4 members (excludes halogenated alkanes) is 5. The topological polar surface area (TPSA) is 66.4 Å². The van der Waals surface area contributed by atoms with E-state index in [9.17, 15) is 9.59 Å². The van der Waals surface area contributed by atoms with Gasteiger partial charge in [0.2, 0.25) is 5.91 Å². The minimum Gasteiger partial charge on any atom is -0.478 e. The molecule has 1 aromatic rings. The molecule has 0 aromatic heterocycles. The zero-order valence-electron chi connectivity index (χ0n) is 13.9. The van der Waals surface area contributed by atoms with Crippen molar-refractivity contribution in [1.29, 1.82) is 0 Å². The predicted molar refractivity (Wildman–Crippen MR) is 91.6 cm³/mol. The number of aromatic carboxylic acids is 1. The van der Waals surface area contributed by atoms with E-state index < -0.39 is 5.97 Å². The Kier molecular flexibility index (Phi) is 6.63. The number of carbonyl (C=O) groups excluding carboxylic acids is 1. The van der Waals surface area contributed by atoms with Crippen LogP contribution in [-0.4, -0.2) is 17.0 Å². The predicted octanol–water partition coefficient (Wildman–Crippen LogP) is 4.71. The van der Waals surface area contributed by atoms with Crippen LogP contribution < -0.4 is 5.32 Å². The Morgan fingerprint density at radius 3 is 2.39 bits per heavy atom. The standard InChI is InChI=1S/C19H27NO3/c1-2-3-4-5-6-7-8-15-13-17(15)18(21)20-16-11-9-14(10-12-16)19(22)23/h9-12,15,17H,2-8,13H2,1H3,(H,20,21)(H,22,23)/t15-,17+/m0/s1. The molecule has 0 spiro atoms. The maximum Gasteiger partial charge on any atom is 0.335 e. The van der Waals surface area contributed by atoms with Crippen LogP contribution in [0.25, 0.3) is 0 Å². The number of carboxylic acid groups (broad SMARTS) is 1. The van der Waals surface area contributed by atoms with Crippen LogP contribution in [0.4, 0.5) is 5.69 Å². The molecule has 0 radical (unpaired) electrons. The van der Waals surface area contributed by atoms with E-state index in [1.54, 1.807) is 12.1 Å². The highest BCUT2D eigenvalue weighted by Gasteiger charge is 2.42. The summed E-state index contributed by atoms with van der Waals surface area (Å²) in [6, 6.07) is 6.32. The molecule has 23 heavy (non-hydrogen) atoms. The van der Waals surface area contributed by atoms with Crippen molar-refractivity contribution < 1.29 is 14.7 Å². The van der Waals surface area contributed by atoms with E-state index in [-0.39, 0.29) is 17.4 Å². The Balaban J connectivity index is 1.64. The summed E-state index contributed by atoms with van der Waals surface area (Å²) in [6.45, 7) is 2.22. The minimum atomic E-state index is -0.955. The number of hydrogen-bond acceptors (Lipinski definition) is 2. The van der Waals surface area contributed by atoms with Crippen molar-refractivity contribution in [3.8, 4) is 0 Å². The molecule has 1 aliphatic rings. The van der Waals surface area contributed by atoms with Gasteiger partial charge in [-0.15, -0.1) is 0 Å². The van der Waals surface area contributed by atoms with Gasteiger partial charge in [0.25, 0.3) is 0 Å². The van der Waals surface area contributed by atoms with Gasteiger partial charge in [0.1, 0.15) is 0 Å². The third kappa shape index (κ3) is 5.70. The summed E-state index contributed by atoms with van der Waals surface area (Å²) < 4.78 is 0. The SMILES string of the molecule is CCCCCCCC[C@H]1C[C@H]1C(=O)Nc1ccc(C(=O)O)cc1. The Labute approximate surface area is 138 Å². The quantitative estimate of drug-likeness (QED) is 0.614. The monoisotopic (exact) mass is 317 g/mol. The highest BCUT2D eigenvalue weighted by Crippen LogP contribution is 2.43. The normalized spacial score (nSPS) is 19.3. The smallest absolute Gasteiger partial charge is 0.335 e. The number of amides is 1. The second-order valence-corrected chi connectivity index (χ2v) is 6.53. The number of carbonyl (C=O) groups is 2. The first-order valence-electron chi connectivity index (χ1n) is 8.76. The van der Waals surface area contributed by atoms with Gasteiger partial charge in [-0.1, -0.05) is 45.4 Å². The van der Waals surface area contributed by atoms with Gasteiger partial charge in [-0.05, 0) is 43.0 Å². The summed E-state index contributed by atoms with van der Waals surface area (Å²) in [7, 11) is 0. The van der Waals surface area contributed by atoms with E-state index in [4.69, 9.17) is 5.11 Å². The lowest BCUT2D eigenvalue weighted by Crippen LogP contribution is -2.14. The van der Waals surface area contributed by atoms with Gasteiger partial charge in [-0.2, -0.15) is 0 Å². The molecular weight excluding hydrogens is 290 g/mol. The van der Waals surface area contributed by atoms with Crippen molar-refractivity contribution in [2.24, 2.45) is 11.8 Å². The lowest BCUT2D eigenvalue weighted by Gasteiger charge is -2.05. The lowest BCUT2D eigenvalue weighted by molar-refractivity contribution is -0.117. The number of anilines is 1. The molecule has 1 amide bonds. The van der Waals surface area contributed by atoms with Crippen LogP contribution in [0.3, 0.4) is 0 Å². The van der Waals surface area contributed by atoms with Gasteiger partial charge >= 0.3 is 5.97 Å². The molecule has 1 saturated carbocycles. The van der Waals surface area contributed by atoms with Crippen molar-refractivity contribution in [1.82, 2.24) is 0 Å².